The number of amides is 1. The minimum atomic E-state index is 0.0831. The Balaban J connectivity index is 1.98. The molecule has 100 valence electrons. The van der Waals surface area contributed by atoms with Crippen molar-refractivity contribution in [3.05, 3.63) is 40.9 Å². The molecule has 0 radical (unpaired) electrons. The molecule has 2 N–H and O–H groups in total. The smallest absolute Gasteiger partial charge is 0.221 e. The number of benzene rings is 2. The van der Waals surface area contributed by atoms with Gasteiger partial charge in [0.2, 0.25) is 5.91 Å². The number of hydrogen-bond acceptors (Lipinski definition) is 2. The van der Waals surface area contributed by atoms with Crippen molar-refractivity contribution < 1.29 is 4.79 Å². The molecule has 0 fully saturated rings. The van der Waals surface area contributed by atoms with Crippen LogP contribution in [-0.4, -0.2) is 19.0 Å². The van der Waals surface area contributed by atoms with E-state index in [2.05, 4.69) is 50.8 Å². The van der Waals surface area contributed by atoms with Crippen molar-refractivity contribution in [2.24, 2.45) is 0 Å². The van der Waals surface area contributed by atoms with Gasteiger partial charge in [-0.2, -0.15) is 0 Å². The molecule has 0 heterocycles. The summed E-state index contributed by atoms with van der Waals surface area (Å²) in [6.07, 6.45) is 0.492. The molecule has 2 aromatic rings. The number of anilines is 1. The molecule has 1 amide bonds. The highest BCUT2D eigenvalue weighted by atomic mass is 79.9. The maximum Gasteiger partial charge on any atom is 0.221 e. The zero-order valence-corrected chi connectivity index (χ0v) is 12.5. The third-order valence-electron chi connectivity index (χ3n) is 2.86. The highest BCUT2D eigenvalue weighted by Gasteiger charge is 2.00. The van der Waals surface area contributed by atoms with Crippen LogP contribution in [0.2, 0.25) is 0 Å². The molecule has 0 unspecified atom stereocenters. The highest BCUT2D eigenvalue weighted by Crippen LogP contribution is 2.22. The maximum atomic E-state index is 11.3. The fourth-order valence-electron chi connectivity index (χ4n) is 1.93. The second kappa shape index (κ2) is 6.57. The molecule has 0 aromatic heterocycles. The van der Waals surface area contributed by atoms with E-state index in [4.69, 9.17) is 0 Å². The molecule has 0 saturated carbocycles. The average Bonchev–Trinajstić information content (AvgIpc) is 2.39. The van der Waals surface area contributed by atoms with Crippen LogP contribution in [0.1, 0.15) is 13.3 Å². The topological polar surface area (TPSA) is 41.1 Å². The molecule has 3 nitrogen and oxygen atoms in total. The van der Waals surface area contributed by atoms with Gasteiger partial charge >= 0.3 is 0 Å². The van der Waals surface area contributed by atoms with E-state index in [-0.39, 0.29) is 5.91 Å². The van der Waals surface area contributed by atoms with E-state index in [0.717, 1.165) is 10.2 Å². The number of nitrogens with one attached hydrogen (secondary N) is 2. The van der Waals surface area contributed by atoms with Crippen molar-refractivity contribution in [1.82, 2.24) is 5.32 Å². The molecule has 2 rings (SSSR count). The summed E-state index contributed by atoms with van der Waals surface area (Å²) in [7, 11) is 0. The van der Waals surface area contributed by atoms with Crippen molar-refractivity contribution in [3.63, 3.8) is 0 Å². The number of carbonyl (C=O) groups is 1. The van der Waals surface area contributed by atoms with Crippen molar-refractivity contribution in [1.29, 1.82) is 0 Å². The van der Waals surface area contributed by atoms with Gasteiger partial charge < -0.3 is 10.6 Å². The van der Waals surface area contributed by atoms with Crippen LogP contribution in [0.25, 0.3) is 10.8 Å². The predicted molar refractivity (Wildman–Crippen MR) is 83.4 cm³/mol. The van der Waals surface area contributed by atoms with Gasteiger partial charge in [-0.3, -0.25) is 4.79 Å². The van der Waals surface area contributed by atoms with Gasteiger partial charge in [0, 0.05) is 29.7 Å². The Labute approximate surface area is 121 Å². The molecule has 2 aromatic carbocycles. The average molecular weight is 321 g/mol. The van der Waals surface area contributed by atoms with Crippen LogP contribution in [0.5, 0.6) is 0 Å². The maximum absolute atomic E-state index is 11.3. The third kappa shape index (κ3) is 3.96. The summed E-state index contributed by atoms with van der Waals surface area (Å²) >= 11 is 3.46. The first kappa shape index (κ1) is 13.9. The standard InChI is InChI=1S/C15H17BrN2O/c1-2-17-15(19)7-8-18-14-6-4-11-9-13(16)5-3-12(11)10-14/h3-6,9-10,18H,2,7-8H2,1H3,(H,17,19). The number of carbonyl (C=O) groups excluding carboxylic acids is 1. The second-order valence-corrected chi connectivity index (χ2v) is 5.25. The van der Waals surface area contributed by atoms with Crippen LogP contribution >= 0.6 is 15.9 Å². The number of hydrogen-bond donors (Lipinski definition) is 2. The molecule has 0 aliphatic rings. The van der Waals surface area contributed by atoms with Gasteiger partial charge in [-0.05, 0) is 42.0 Å². The van der Waals surface area contributed by atoms with Crippen molar-refractivity contribution in [2.45, 2.75) is 13.3 Å². The number of halogens is 1. The fourth-order valence-corrected chi connectivity index (χ4v) is 2.31. The van der Waals surface area contributed by atoms with E-state index >= 15 is 0 Å². The van der Waals surface area contributed by atoms with Crippen LogP contribution in [0, 0.1) is 0 Å². The van der Waals surface area contributed by atoms with Crippen LogP contribution in [0.15, 0.2) is 40.9 Å². The van der Waals surface area contributed by atoms with E-state index in [1.807, 2.05) is 19.1 Å². The lowest BCUT2D eigenvalue weighted by atomic mass is 10.1. The van der Waals surface area contributed by atoms with Crippen LogP contribution in [0.3, 0.4) is 0 Å². The SMILES string of the molecule is CCNC(=O)CCNc1ccc2cc(Br)ccc2c1. The van der Waals surface area contributed by atoms with Gasteiger partial charge in [0.25, 0.3) is 0 Å². The fraction of sp³-hybridized carbons (Fsp3) is 0.267. The van der Waals surface area contributed by atoms with Crippen LogP contribution in [0.4, 0.5) is 5.69 Å². The third-order valence-corrected chi connectivity index (χ3v) is 3.35. The molecule has 0 aliphatic heterocycles. The Morgan fingerprint density at radius 2 is 1.89 bits per heavy atom. The predicted octanol–water partition coefficient (Wildman–Crippen LogP) is 3.54. The molecular formula is C15H17BrN2O. The zero-order chi connectivity index (χ0) is 13.7. The number of fused-ring (bicyclic) bond motifs is 1. The lowest BCUT2D eigenvalue weighted by Crippen LogP contribution is -2.24. The van der Waals surface area contributed by atoms with Gasteiger partial charge in [0.05, 0.1) is 0 Å². The summed E-state index contributed by atoms with van der Waals surface area (Å²) < 4.78 is 1.08. The largest absolute Gasteiger partial charge is 0.385 e. The Hall–Kier alpha value is -1.55. The van der Waals surface area contributed by atoms with E-state index in [1.54, 1.807) is 0 Å². The number of rotatable bonds is 5. The summed E-state index contributed by atoms with van der Waals surface area (Å²) in [6, 6.07) is 12.4. The van der Waals surface area contributed by atoms with E-state index in [9.17, 15) is 4.79 Å². The molecule has 0 aliphatic carbocycles. The molecule has 4 heteroatoms. The highest BCUT2D eigenvalue weighted by molar-refractivity contribution is 9.10. The lowest BCUT2D eigenvalue weighted by Gasteiger charge is -2.08. The summed E-state index contributed by atoms with van der Waals surface area (Å²) in [5.41, 5.74) is 1.04. The normalized spacial score (nSPS) is 10.4. The summed E-state index contributed by atoms with van der Waals surface area (Å²) in [5.74, 6) is 0.0831. The monoisotopic (exact) mass is 320 g/mol. The Bertz CT molecular complexity index is 583. The first-order valence-corrected chi connectivity index (χ1v) is 7.18. The van der Waals surface area contributed by atoms with E-state index < -0.39 is 0 Å². The van der Waals surface area contributed by atoms with Gasteiger partial charge in [-0.15, -0.1) is 0 Å². The van der Waals surface area contributed by atoms with Gasteiger partial charge in [0.15, 0.2) is 0 Å². The Morgan fingerprint density at radius 1 is 1.16 bits per heavy atom. The zero-order valence-electron chi connectivity index (χ0n) is 10.9. The van der Waals surface area contributed by atoms with Gasteiger partial charge in [-0.25, -0.2) is 0 Å². The minimum Gasteiger partial charge on any atom is -0.385 e. The molecule has 19 heavy (non-hydrogen) atoms. The molecular weight excluding hydrogens is 304 g/mol. The lowest BCUT2D eigenvalue weighted by molar-refractivity contribution is -0.120. The quantitative estimate of drug-likeness (QED) is 0.884. The first-order chi connectivity index (χ1) is 9.19. The molecule has 0 spiro atoms. The van der Waals surface area contributed by atoms with E-state index in [0.29, 0.717) is 19.5 Å². The van der Waals surface area contributed by atoms with Gasteiger partial charge in [0.1, 0.15) is 0 Å². The van der Waals surface area contributed by atoms with Crippen molar-refractivity contribution in [3.8, 4) is 0 Å². The molecule has 0 atom stereocenters. The summed E-state index contributed by atoms with van der Waals surface area (Å²) in [4.78, 5) is 11.3. The van der Waals surface area contributed by atoms with Crippen LogP contribution < -0.4 is 10.6 Å². The molecule has 0 saturated heterocycles. The minimum absolute atomic E-state index is 0.0831. The summed E-state index contributed by atoms with van der Waals surface area (Å²) in [6.45, 7) is 3.25. The van der Waals surface area contributed by atoms with Gasteiger partial charge in [-0.1, -0.05) is 28.1 Å². The molecule has 0 bridgehead atoms. The first-order valence-electron chi connectivity index (χ1n) is 6.39. The van der Waals surface area contributed by atoms with Crippen molar-refractivity contribution >= 4 is 38.3 Å². The summed E-state index contributed by atoms with van der Waals surface area (Å²) in [5, 5.41) is 8.44. The second-order valence-electron chi connectivity index (χ2n) is 4.34. The van der Waals surface area contributed by atoms with Crippen molar-refractivity contribution in [2.75, 3.05) is 18.4 Å². The van der Waals surface area contributed by atoms with Crippen LogP contribution in [-0.2, 0) is 4.79 Å². The Kier molecular flexibility index (Phi) is 4.80. The van der Waals surface area contributed by atoms with E-state index in [1.165, 1.54) is 10.8 Å². The Morgan fingerprint density at radius 3 is 2.68 bits per heavy atom.